The molecule has 0 aromatic carbocycles. The maximum Gasteiger partial charge on any atom is 1.00 e. The fraction of sp³-hybridized carbons (Fsp3) is 0.526. The summed E-state index contributed by atoms with van der Waals surface area (Å²) >= 11 is 3.77. The predicted molar refractivity (Wildman–Crippen MR) is 124 cm³/mol. The molecule has 2 amide bonds. The number of carboxylic acid groups (broad SMARTS) is 1. The maximum atomic E-state index is 12.9. The van der Waals surface area contributed by atoms with Crippen molar-refractivity contribution in [3.8, 4) is 0 Å². The number of rotatable bonds is 8. The molecule has 12 nitrogen and oxygen atoms in total. The van der Waals surface area contributed by atoms with E-state index in [1.54, 1.807) is 0 Å². The summed E-state index contributed by atoms with van der Waals surface area (Å²) in [5.74, 6) is -2.57. The molecule has 1 aromatic heterocycles. The molecule has 184 valence electrons. The number of nitrogens with one attached hydrogen (secondary N) is 1. The van der Waals surface area contributed by atoms with Crippen LogP contribution in [0.5, 0.6) is 0 Å². The van der Waals surface area contributed by atoms with Crippen molar-refractivity contribution in [3.05, 3.63) is 21.7 Å². The van der Waals surface area contributed by atoms with Gasteiger partial charge in [-0.3, -0.25) is 14.5 Å². The van der Waals surface area contributed by atoms with Gasteiger partial charge in [-0.25, -0.2) is 4.98 Å². The molecule has 0 radical (unpaired) electrons. The first kappa shape index (κ1) is 28.2. The van der Waals surface area contributed by atoms with Gasteiger partial charge in [0.2, 0.25) is 0 Å². The number of oxime groups is 1. The fourth-order valence-electron chi connectivity index (χ4n) is 3.63. The number of aromatic nitrogens is 1. The standard InChI is InChI=1S/C19H23N5O7S3.Na/c1-19(2)30-4-8(31-19)5-32-10-7-33-16-12(15(26)24(16)13(10)17(27)28)22-14(25)11(23-29-3)9-6-34-18(20)21-9;/h6,8,12,16H,4-5,7H2,1-3H3,(H2,20,21)(H,22,25)(H,27,28);/q;+1/p-1/b23-11-;/t8?,12?,16-;/m1./s1. The molecule has 0 spiro atoms. The number of hydrogen-bond acceptors (Lipinski definition) is 13. The van der Waals surface area contributed by atoms with Crippen molar-refractivity contribution in [1.82, 2.24) is 15.2 Å². The van der Waals surface area contributed by atoms with E-state index in [-0.39, 0.29) is 57.9 Å². The Kier molecular flexibility index (Phi) is 9.18. The Bertz CT molecular complexity index is 1080. The number of ether oxygens (including phenoxy) is 2. The monoisotopic (exact) mass is 551 g/mol. The topological polar surface area (TPSA) is 168 Å². The van der Waals surface area contributed by atoms with Crippen molar-refractivity contribution in [3.63, 3.8) is 0 Å². The van der Waals surface area contributed by atoms with Gasteiger partial charge in [-0.05, 0) is 13.8 Å². The van der Waals surface area contributed by atoms with Gasteiger partial charge in [-0.2, -0.15) is 0 Å². The van der Waals surface area contributed by atoms with E-state index in [0.29, 0.717) is 23.0 Å². The first-order valence-corrected chi connectivity index (χ1v) is 13.0. The van der Waals surface area contributed by atoms with Crippen molar-refractivity contribution < 1.29 is 63.4 Å². The van der Waals surface area contributed by atoms with Crippen LogP contribution >= 0.6 is 34.9 Å². The molecule has 16 heteroatoms. The Morgan fingerprint density at radius 1 is 1.49 bits per heavy atom. The summed E-state index contributed by atoms with van der Waals surface area (Å²) < 4.78 is 11.3. The number of anilines is 1. The van der Waals surface area contributed by atoms with E-state index >= 15 is 0 Å². The van der Waals surface area contributed by atoms with Gasteiger partial charge in [0.1, 0.15) is 24.2 Å². The first-order valence-electron chi connectivity index (χ1n) is 10.1. The molecule has 3 aliphatic heterocycles. The molecule has 1 aromatic rings. The Labute approximate surface area is 235 Å². The Hall–Kier alpha value is -1.33. The third-order valence-corrected chi connectivity index (χ3v) is 8.45. The van der Waals surface area contributed by atoms with Crippen LogP contribution in [-0.4, -0.2) is 81.9 Å². The van der Waals surface area contributed by atoms with E-state index in [2.05, 4.69) is 15.5 Å². The number of carboxylic acids is 1. The van der Waals surface area contributed by atoms with Crippen molar-refractivity contribution in [2.75, 3.05) is 31.0 Å². The molecule has 3 N–H and O–H groups in total. The normalized spacial score (nSPS) is 25.5. The molecular weight excluding hydrogens is 529 g/mol. The van der Waals surface area contributed by atoms with Crippen molar-refractivity contribution in [2.45, 2.75) is 37.2 Å². The smallest absolute Gasteiger partial charge is 0.543 e. The van der Waals surface area contributed by atoms with Crippen LogP contribution in [0.2, 0.25) is 0 Å². The van der Waals surface area contributed by atoms with E-state index in [4.69, 9.17) is 20.0 Å². The largest absolute Gasteiger partial charge is 1.00 e. The first-order chi connectivity index (χ1) is 16.1. The number of hydrogen-bond donors (Lipinski definition) is 2. The van der Waals surface area contributed by atoms with Crippen LogP contribution in [0.4, 0.5) is 5.13 Å². The average Bonchev–Trinajstić information content (AvgIpc) is 3.37. The number of carbonyl (C=O) groups is 3. The number of carbonyl (C=O) groups excluding carboxylic acids is 3. The minimum atomic E-state index is -1.45. The van der Waals surface area contributed by atoms with Crippen LogP contribution in [0.1, 0.15) is 19.5 Å². The van der Waals surface area contributed by atoms with Crippen molar-refractivity contribution >= 4 is 63.5 Å². The van der Waals surface area contributed by atoms with Gasteiger partial charge in [0, 0.05) is 21.8 Å². The van der Waals surface area contributed by atoms with Crippen LogP contribution in [0, 0.1) is 0 Å². The van der Waals surface area contributed by atoms with Crippen LogP contribution < -0.4 is 45.7 Å². The summed E-state index contributed by atoms with van der Waals surface area (Å²) in [6, 6.07) is -0.941. The number of nitrogens with two attached hydrogens (primary N) is 1. The molecule has 35 heavy (non-hydrogen) atoms. The number of thioether (sulfide) groups is 2. The third kappa shape index (κ3) is 5.98. The summed E-state index contributed by atoms with van der Waals surface area (Å²) in [6.45, 7) is 4.02. The third-order valence-electron chi connectivity index (χ3n) is 5.09. The number of aliphatic carboxylic acids is 1. The molecule has 2 unspecified atom stereocenters. The van der Waals surface area contributed by atoms with Crippen molar-refractivity contribution in [1.29, 1.82) is 0 Å². The van der Waals surface area contributed by atoms with Gasteiger partial charge in [0.25, 0.3) is 11.8 Å². The summed E-state index contributed by atoms with van der Waals surface area (Å²) in [6.07, 6.45) is -0.199. The van der Waals surface area contributed by atoms with Crippen LogP contribution in [-0.2, 0) is 28.7 Å². The zero-order valence-corrected chi connectivity index (χ0v) is 23.9. The molecule has 2 fully saturated rings. The second-order valence-electron chi connectivity index (χ2n) is 7.88. The Morgan fingerprint density at radius 2 is 2.23 bits per heavy atom. The van der Waals surface area contributed by atoms with E-state index in [9.17, 15) is 19.5 Å². The zero-order valence-electron chi connectivity index (χ0n) is 19.4. The second kappa shape index (κ2) is 11.4. The SMILES string of the molecule is CO/N=C(\C(=O)NC1C(=O)N2C(C(=O)[O-])=C(SCC3COC(C)(C)O3)CS[C@H]12)c1csc(N)n1.[Na+]. The Morgan fingerprint density at radius 3 is 2.80 bits per heavy atom. The molecule has 0 saturated carbocycles. The van der Waals surface area contributed by atoms with E-state index in [1.165, 1.54) is 36.0 Å². The van der Waals surface area contributed by atoms with E-state index < -0.39 is 35.0 Å². The van der Waals surface area contributed by atoms with Gasteiger partial charge >= 0.3 is 29.6 Å². The zero-order chi connectivity index (χ0) is 24.6. The maximum absolute atomic E-state index is 12.9. The molecule has 2 saturated heterocycles. The summed E-state index contributed by atoms with van der Waals surface area (Å²) in [5.41, 5.74) is 5.51. The average molecular weight is 552 g/mol. The van der Waals surface area contributed by atoms with E-state index in [0.717, 1.165) is 16.2 Å². The van der Waals surface area contributed by atoms with Gasteiger partial charge < -0.3 is 35.3 Å². The summed E-state index contributed by atoms with van der Waals surface area (Å²) in [5, 5.41) is 19.4. The van der Waals surface area contributed by atoms with Crippen LogP contribution in [0.25, 0.3) is 0 Å². The van der Waals surface area contributed by atoms with Gasteiger partial charge in [-0.15, -0.1) is 34.9 Å². The number of nitrogens with zero attached hydrogens (tertiary/aromatic N) is 3. The summed E-state index contributed by atoms with van der Waals surface area (Å²) in [7, 11) is 1.27. The molecule has 4 rings (SSSR count). The minimum absolute atomic E-state index is 0. The number of fused-ring (bicyclic) bond motifs is 1. The predicted octanol–water partition coefficient (Wildman–Crippen LogP) is -3.67. The molecule has 3 atom stereocenters. The number of thiazole rings is 1. The van der Waals surface area contributed by atoms with Gasteiger partial charge in [-0.1, -0.05) is 5.16 Å². The quantitative estimate of drug-likeness (QED) is 0.141. The molecule has 0 bridgehead atoms. The molecule has 4 heterocycles. The van der Waals surface area contributed by atoms with Gasteiger partial charge in [0.05, 0.1) is 24.4 Å². The minimum Gasteiger partial charge on any atom is -0.543 e. The fourth-order valence-corrected chi connectivity index (χ4v) is 6.78. The number of nitrogen functional groups attached to an aromatic ring is 1. The second-order valence-corrected chi connectivity index (χ2v) is 11.0. The van der Waals surface area contributed by atoms with Crippen molar-refractivity contribution in [2.24, 2.45) is 5.16 Å². The van der Waals surface area contributed by atoms with Crippen LogP contribution in [0.15, 0.2) is 21.1 Å². The van der Waals surface area contributed by atoms with E-state index in [1.807, 2.05) is 13.8 Å². The van der Waals surface area contributed by atoms with Crippen LogP contribution in [0.3, 0.4) is 0 Å². The van der Waals surface area contributed by atoms with Gasteiger partial charge in [0.15, 0.2) is 16.6 Å². The number of amides is 2. The number of β-lactam (4-membered cyclic amide) rings is 1. The molecular formula is C19H22N5NaO7S3. The summed E-state index contributed by atoms with van der Waals surface area (Å²) in [4.78, 5) is 48.0. The molecule has 0 aliphatic carbocycles. The Balaban J connectivity index is 0.00000342. The molecule has 3 aliphatic rings.